The Morgan fingerprint density at radius 1 is 1.23 bits per heavy atom. The summed E-state index contributed by atoms with van der Waals surface area (Å²) in [6.45, 7) is 6.31. The number of H-pyrrole nitrogens is 1. The molecular formula is C24H23N5O2. The molecule has 0 unspecified atom stereocenters. The lowest BCUT2D eigenvalue weighted by molar-refractivity contribution is -0.131. The van der Waals surface area contributed by atoms with E-state index in [9.17, 15) is 9.59 Å². The van der Waals surface area contributed by atoms with Crippen molar-refractivity contribution in [1.82, 2.24) is 19.9 Å². The maximum absolute atomic E-state index is 12.8. The topological polar surface area (TPSA) is 103 Å². The molecule has 31 heavy (non-hydrogen) atoms. The molecule has 3 aromatic rings. The quantitative estimate of drug-likeness (QED) is 0.572. The van der Waals surface area contributed by atoms with Gasteiger partial charge in [0.15, 0.2) is 0 Å². The van der Waals surface area contributed by atoms with Crippen LogP contribution >= 0.6 is 0 Å². The molecule has 1 N–H and O–H groups in total. The molecule has 7 nitrogen and oxygen atoms in total. The van der Waals surface area contributed by atoms with Crippen LogP contribution in [0.3, 0.4) is 0 Å². The minimum Gasteiger partial charge on any atom is -0.335 e. The van der Waals surface area contributed by atoms with Crippen molar-refractivity contribution < 1.29 is 4.79 Å². The molecule has 0 saturated carbocycles. The van der Waals surface area contributed by atoms with Gasteiger partial charge in [0.25, 0.3) is 5.56 Å². The van der Waals surface area contributed by atoms with Crippen molar-refractivity contribution >= 4 is 5.91 Å². The summed E-state index contributed by atoms with van der Waals surface area (Å²) < 4.78 is 0. The molecule has 0 bridgehead atoms. The summed E-state index contributed by atoms with van der Waals surface area (Å²) in [6, 6.07) is 12.7. The number of carbonyl (C=O) groups excluding carboxylic acids is 1. The highest BCUT2D eigenvalue weighted by molar-refractivity contribution is 5.76. The van der Waals surface area contributed by atoms with Gasteiger partial charge in [-0.25, -0.2) is 4.98 Å². The van der Waals surface area contributed by atoms with E-state index in [-0.39, 0.29) is 17.9 Å². The van der Waals surface area contributed by atoms with E-state index >= 15 is 0 Å². The molecular weight excluding hydrogens is 390 g/mol. The predicted molar refractivity (Wildman–Crippen MR) is 118 cm³/mol. The van der Waals surface area contributed by atoms with E-state index in [1.807, 2.05) is 12.1 Å². The van der Waals surface area contributed by atoms with E-state index in [0.717, 1.165) is 11.1 Å². The van der Waals surface area contributed by atoms with Gasteiger partial charge in [-0.3, -0.25) is 14.6 Å². The minimum absolute atomic E-state index is 0.0822. The second kappa shape index (κ2) is 10.1. The van der Waals surface area contributed by atoms with Gasteiger partial charge in [-0.2, -0.15) is 5.26 Å². The van der Waals surface area contributed by atoms with Crippen LogP contribution in [-0.2, 0) is 17.8 Å². The summed E-state index contributed by atoms with van der Waals surface area (Å²) in [6.07, 6.45) is 5.43. The molecule has 0 aliphatic rings. The highest BCUT2D eigenvalue weighted by Gasteiger charge is 2.16. The standard InChI is InChI=1S/C24H23N5O2/c1-3-14-29(16-19-6-4-18(15-25)5-7-19)22(30)9-8-21-17(2)27-23(28-24(21)31)20-10-12-26-13-11-20/h3-7,10-13H,1,8-9,14,16H2,2H3,(H,27,28,31). The first-order chi connectivity index (χ1) is 15.0. The fourth-order valence-electron chi connectivity index (χ4n) is 3.26. The van der Waals surface area contributed by atoms with Gasteiger partial charge in [-0.05, 0) is 43.2 Å². The van der Waals surface area contributed by atoms with Crippen molar-refractivity contribution in [2.75, 3.05) is 6.54 Å². The van der Waals surface area contributed by atoms with Crippen LogP contribution in [0.25, 0.3) is 11.4 Å². The van der Waals surface area contributed by atoms with Crippen molar-refractivity contribution in [3.8, 4) is 17.5 Å². The van der Waals surface area contributed by atoms with Crippen LogP contribution in [0.15, 0.2) is 66.2 Å². The van der Waals surface area contributed by atoms with Crippen molar-refractivity contribution in [2.24, 2.45) is 0 Å². The first-order valence-corrected chi connectivity index (χ1v) is 9.89. The van der Waals surface area contributed by atoms with E-state index in [1.54, 1.807) is 54.6 Å². The number of nitrogens with zero attached hydrogens (tertiary/aromatic N) is 4. The largest absolute Gasteiger partial charge is 0.335 e. The third kappa shape index (κ3) is 5.52. The molecule has 1 aromatic carbocycles. The van der Waals surface area contributed by atoms with E-state index in [4.69, 9.17) is 5.26 Å². The van der Waals surface area contributed by atoms with Gasteiger partial charge >= 0.3 is 0 Å². The van der Waals surface area contributed by atoms with Gasteiger partial charge in [0.2, 0.25) is 5.91 Å². The van der Waals surface area contributed by atoms with Gasteiger partial charge in [0.05, 0.1) is 11.6 Å². The second-order valence-electron chi connectivity index (χ2n) is 7.09. The molecule has 0 aliphatic carbocycles. The fraction of sp³-hybridized carbons (Fsp3) is 0.208. The van der Waals surface area contributed by atoms with E-state index in [0.29, 0.717) is 42.2 Å². The van der Waals surface area contributed by atoms with Gasteiger partial charge in [-0.1, -0.05) is 18.2 Å². The number of pyridine rings is 1. The van der Waals surface area contributed by atoms with Crippen LogP contribution in [0.1, 0.15) is 28.8 Å². The molecule has 2 heterocycles. The summed E-state index contributed by atoms with van der Waals surface area (Å²) in [4.78, 5) is 38.4. The minimum atomic E-state index is -0.241. The summed E-state index contributed by atoms with van der Waals surface area (Å²) in [7, 11) is 0. The first kappa shape index (κ1) is 21.7. The Hall–Kier alpha value is -4.05. The highest BCUT2D eigenvalue weighted by atomic mass is 16.2. The predicted octanol–water partition coefficient (Wildman–Crippen LogP) is 3.16. The van der Waals surface area contributed by atoms with E-state index < -0.39 is 0 Å². The average Bonchev–Trinajstić information content (AvgIpc) is 2.79. The molecule has 0 saturated heterocycles. The monoisotopic (exact) mass is 413 g/mol. The molecule has 7 heteroatoms. The number of hydrogen-bond donors (Lipinski definition) is 1. The van der Waals surface area contributed by atoms with Crippen molar-refractivity contribution in [1.29, 1.82) is 5.26 Å². The van der Waals surface area contributed by atoms with Gasteiger partial charge in [-0.15, -0.1) is 6.58 Å². The van der Waals surface area contributed by atoms with Crippen LogP contribution in [-0.4, -0.2) is 32.3 Å². The van der Waals surface area contributed by atoms with Crippen LogP contribution in [0.4, 0.5) is 0 Å². The zero-order chi connectivity index (χ0) is 22.2. The highest BCUT2D eigenvalue weighted by Crippen LogP contribution is 2.14. The van der Waals surface area contributed by atoms with Crippen LogP contribution < -0.4 is 5.56 Å². The second-order valence-corrected chi connectivity index (χ2v) is 7.09. The Labute approximate surface area is 180 Å². The maximum Gasteiger partial charge on any atom is 0.254 e. The van der Waals surface area contributed by atoms with Gasteiger partial charge in [0.1, 0.15) is 5.82 Å². The number of nitrogens with one attached hydrogen (secondary N) is 1. The first-order valence-electron chi connectivity index (χ1n) is 9.89. The zero-order valence-corrected chi connectivity index (χ0v) is 17.3. The molecule has 3 rings (SSSR count). The van der Waals surface area contributed by atoms with Crippen LogP contribution in [0.2, 0.25) is 0 Å². The lowest BCUT2D eigenvalue weighted by Gasteiger charge is -2.21. The molecule has 0 radical (unpaired) electrons. The summed E-state index contributed by atoms with van der Waals surface area (Å²) >= 11 is 0. The van der Waals surface area contributed by atoms with E-state index in [1.165, 1.54) is 0 Å². The summed E-state index contributed by atoms with van der Waals surface area (Å²) in [5.74, 6) is 0.398. The Kier molecular flexibility index (Phi) is 7.07. The van der Waals surface area contributed by atoms with E-state index in [2.05, 4.69) is 27.6 Å². The SMILES string of the molecule is C=CCN(Cc1ccc(C#N)cc1)C(=O)CCc1c(C)nc(-c2ccncc2)[nH]c1=O. The number of rotatable bonds is 8. The molecule has 2 aromatic heterocycles. The normalized spacial score (nSPS) is 10.3. The molecule has 1 amide bonds. The molecule has 0 spiro atoms. The number of carbonyl (C=O) groups is 1. The third-order valence-electron chi connectivity index (χ3n) is 4.92. The van der Waals surface area contributed by atoms with Crippen LogP contribution in [0, 0.1) is 18.3 Å². The zero-order valence-electron chi connectivity index (χ0n) is 17.3. The number of amides is 1. The smallest absolute Gasteiger partial charge is 0.254 e. The molecule has 156 valence electrons. The van der Waals surface area contributed by atoms with Crippen molar-refractivity contribution in [2.45, 2.75) is 26.3 Å². The Morgan fingerprint density at radius 2 is 1.94 bits per heavy atom. The molecule has 0 fully saturated rings. The molecule has 0 atom stereocenters. The lowest BCUT2D eigenvalue weighted by Crippen LogP contribution is -2.31. The van der Waals surface area contributed by atoms with Gasteiger partial charge < -0.3 is 9.88 Å². The Balaban J connectivity index is 1.71. The summed E-state index contributed by atoms with van der Waals surface area (Å²) in [5, 5.41) is 8.92. The van der Waals surface area contributed by atoms with Crippen LogP contribution in [0.5, 0.6) is 0 Å². The van der Waals surface area contributed by atoms with Crippen molar-refractivity contribution in [3.05, 3.63) is 94.2 Å². The number of aromatic nitrogens is 3. The fourth-order valence-corrected chi connectivity index (χ4v) is 3.26. The maximum atomic E-state index is 12.8. The number of aryl methyl sites for hydroxylation is 1. The third-order valence-corrected chi connectivity index (χ3v) is 4.92. The lowest BCUT2D eigenvalue weighted by atomic mass is 10.1. The van der Waals surface area contributed by atoms with Crippen molar-refractivity contribution in [3.63, 3.8) is 0 Å². The number of benzene rings is 1. The number of hydrogen-bond acceptors (Lipinski definition) is 5. The Bertz CT molecular complexity index is 1160. The van der Waals surface area contributed by atoms with Gasteiger partial charge in [0, 0.05) is 48.7 Å². The molecule has 0 aliphatic heterocycles. The number of aromatic amines is 1. The summed E-state index contributed by atoms with van der Waals surface area (Å²) in [5.41, 5.74) is 3.13. The number of nitriles is 1. The Morgan fingerprint density at radius 3 is 2.55 bits per heavy atom. The average molecular weight is 413 g/mol.